The lowest BCUT2D eigenvalue weighted by molar-refractivity contribution is 0.199. The highest BCUT2D eigenvalue weighted by Gasteiger charge is 2.11. The molecule has 4 heteroatoms. The van der Waals surface area contributed by atoms with Crippen molar-refractivity contribution < 1.29 is 13.9 Å². The minimum absolute atomic E-state index is 0.0509. The smallest absolute Gasteiger partial charge is 0.129 e. The molecule has 0 fully saturated rings. The number of rotatable bonds is 2. The molecule has 1 aromatic rings. The van der Waals surface area contributed by atoms with Crippen LogP contribution in [0.3, 0.4) is 0 Å². The Morgan fingerprint density at radius 1 is 1.42 bits per heavy atom. The zero-order valence-corrected chi connectivity index (χ0v) is 7.06. The molecule has 12 heavy (non-hydrogen) atoms. The molecule has 0 aliphatic heterocycles. The second kappa shape index (κ2) is 3.87. The van der Waals surface area contributed by atoms with E-state index >= 15 is 0 Å². The molecule has 0 aromatic heterocycles. The van der Waals surface area contributed by atoms with Crippen molar-refractivity contribution in [1.29, 1.82) is 0 Å². The van der Waals surface area contributed by atoms with Crippen LogP contribution in [-0.4, -0.2) is 10.9 Å². The quantitative estimate of drug-likeness (QED) is 0.683. The van der Waals surface area contributed by atoms with E-state index in [-0.39, 0.29) is 11.3 Å². The van der Waals surface area contributed by atoms with Gasteiger partial charge in [0.05, 0.1) is 6.10 Å². The van der Waals surface area contributed by atoms with Gasteiger partial charge in [-0.25, -0.2) is 8.78 Å². The predicted octanol–water partition coefficient (Wildman–Crippen LogP) is 1.93. The third-order valence-corrected chi connectivity index (χ3v) is 1.84. The molecule has 1 atom stereocenters. The second-order valence-corrected chi connectivity index (χ2v) is 2.73. The number of aliphatic hydroxyl groups is 1. The van der Waals surface area contributed by atoms with E-state index in [0.29, 0.717) is 0 Å². The molecule has 0 amide bonds. The van der Waals surface area contributed by atoms with Crippen LogP contribution in [0, 0.1) is 11.6 Å². The Balaban J connectivity index is 3.04. The third-order valence-electron chi connectivity index (χ3n) is 1.49. The molecule has 0 heterocycles. The van der Waals surface area contributed by atoms with Crippen LogP contribution in [-0.2, 0) is 0 Å². The van der Waals surface area contributed by atoms with Crippen LogP contribution in [0.2, 0.25) is 0 Å². The van der Waals surface area contributed by atoms with Crippen LogP contribution < -0.4 is 0 Å². The minimum Gasteiger partial charge on any atom is -0.387 e. The van der Waals surface area contributed by atoms with Crippen molar-refractivity contribution >= 4 is 12.6 Å². The molecule has 0 radical (unpaired) electrons. The summed E-state index contributed by atoms with van der Waals surface area (Å²) in [7, 11) is 0. The number of hydrogen-bond donors (Lipinski definition) is 2. The highest BCUT2D eigenvalue weighted by Crippen LogP contribution is 2.18. The van der Waals surface area contributed by atoms with Gasteiger partial charge in [0.1, 0.15) is 11.6 Å². The van der Waals surface area contributed by atoms with Crippen molar-refractivity contribution in [1.82, 2.24) is 0 Å². The first kappa shape index (κ1) is 9.48. The fraction of sp³-hybridized carbons (Fsp3) is 0.250. The van der Waals surface area contributed by atoms with E-state index in [1.807, 2.05) is 0 Å². The van der Waals surface area contributed by atoms with E-state index in [2.05, 4.69) is 12.6 Å². The lowest BCUT2D eigenvalue weighted by Crippen LogP contribution is -2.02. The van der Waals surface area contributed by atoms with Gasteiger partial charge in [0.2, 0.25) is 0 Å². The fourth-order valence-electron chi connectivity index (χ4n) is 0.868. The average molecular weight is 190 g/mol. The lowest BCUT2D eigenvalue weighted by atomic mass is 10.1. The van der Waals surface area contributed by atoms with Gasteiger partial charge in [-0.15, -0.1) is 0 Å². The molecule has 1 N–H and O–H groups in total. The number of thiol groups is 1. The second-order valence-electron chi connectivity index (χ2n) is 2.36. The summed E-state index contributed by atoms with van der Waals surface area (Å²) in [5.74, 6) is -1.11. The first-order chi connectivity index (χ1) is 5.65. The van der Waals surface area contributed by atoms with Gasteiger partial charge in [-0.3, -0.25) is 0 Å². The highest BCUT2D eigenvalue weighted by atomic mass is 32.1. The summed E-state index contributed by atoms with van der Waals surface area (Å²) in [5.41, 5.74) is -0.0509. The van der Waals surface area contributed by atoms with Gasteiger partial charge in [-0.2, -0.15) is 12.6 Å². The Kier molecular flexibility index (Phi) is 3.05. The maximum Gasteiger partial charge on any atom is 0.129 e. The van der Waals surface area contributed by atoms with E-state index in [4.69, 9.17) is 5.11 Å². The maximum atomic E-state index is 12.8. The summed E-state index contributed by atoms with van der Waals surface area (Å²) in [6, 6.07) is 2.96. The number of hydrogen-bond acceptors (Lipinski definition) is 2. The number of aliphatic hydroxyl groups excluding tert-OH is 1. The van der Waals surface area contributed by atoms with Crippen molar-refractivity contribution in [2.24, 2.45) is 0 Å². The van der Waals surface area contributed by atoms with E-state index in [9.17, 15) is 8.78 Å². The summed E-state index contributed by atoms with van der Waals surface area (Å²) in [4.78, 5) is 0. The minimum atomic E-state index is -1.05. The molecule has 66 valence electrons. The number of halogens is 2. The fourth-order valence-corrected chi connectivity index (χ4v) is 1.07. The molecule has 1 aromatic carbocycles. The first-order valence-corrected chi connectivity index (χ1v) is 4.02. The van der Waals surface area contributed by atoms with Crippen molar-refractivity contribution in [3.63, 3.8) is 0 Å². The molecular weight excluding hydrogens is 182 g/mol. The summed E-state index contributed by atoms with van der Waals surface area (Å²) < 4.78 is 25.4. The van der Waals surface area contributed by atoms with Crippen LogP contribution in [0.5, 0.6) is 0 Å². The first-order valence-electron chi connectivity index (χ1n) is 3.39. The summed E-state index contributed by atoms with van der Waals surface area (Å²) in [6.07, 6.45) is -1.05. The largest absolute Gasteiger partial charge is 0.387 e. The Morgan fingerprint density at radius 3 is 2.67 bits per heavy atom. The third kappa shape index (κ3) is 1.95. The van der Waals surface area contributed by atoms with Gasteiger partial charge in [0.15, 0.2) is 0 Å². The molecule has 0 aliphatic carbocycles. The SMILES string of the molecule is OC(CS)c1cc(F)ccc1F. The van der Waals surface area contributed by atoms with Crippen LogP contribution in [0.15, 0.2) is 18.2 Å². The Bertz CT molecular complexity index is 278. The maximum absolute atomic E-state index is 12.8. The molecule has 0 saturated carbocycles. The number of benzene rings is 1. The molecule has 1 nitrogen and oxygen atoms in total. The van der Waals surface area contributed by atoms with Gasteiger partial charge in [0.25, 0.3) is 0 Å². The van der Waals surface area contributed by atoms with Crippen molar-refractivity contribution in [3.8, 4) is 0 Å². The lowest BCUT2D eigenvalue weighted by Gasteiger charge is -2.08. The summed E-state index contributed by atoms with van der Waals surface area (Å²) in [5, 5.41) is 9.15. The normalized spacial score (nSPS) is 13.0. The topological polar surface area (TPSA) is 20.2 Å². The molecule has 0 aliphatic rings. The van der Waals surface area contributed by atoms with E-state index < -0.39 is 17.7 Å². The highest BCUT2D eigenvalue weighted by molar-refractivity contribution is 7.80. The zero-order valence-electron chi connectivity index (χ0n) is 6.17. The van der Waals surface area contributed by atoms with Crippen molar-refractivity contribution in [2.45, 2.75) is 6.10 Å². The van der Waals surface area contributed by atoms with Gasteiger partial charge in [0, 0.05) is 11.3 Å². The molecule has 1 rings (SSSR count). The van der Waals surface area contributed by atoms with Gasteiger partial charge in [-0.1, -0.05) is 0 Å². The Morgan fingerprint density at radius 2 is 2.08 bits per heavy atom. The predicted molar refractivity (Wildman–Crippen MR) is 45.2 cm³/mol. The van der Waals surface area contributed by atoms with Crippen molar-refractivity contribution in [2.75, 3.05) is 5.75 Å². The van der Waals surface area contributed by atoms with E-state index in [1.165, 1.54) is 0 Å². The Labute approximate surface area is 74.4 Å². The van der Waals surface area contributed by atoms with Crippen LogP contribution in [0.1, 0.15) is 11.7 Å². The molecule has 1 unspecified atom stereocenters. The van der Waals surface area contributed by atoms with Crippen molar-refractivity contribution in [3.05, 3.63) is 35.4 Å². The van der Waals surface area contributed by atoms with Gasteiger partial charge >= 0.3 is 0 Å². The average Bonchev–Trinajstić information content (AvgIpc) is 2.08. The standard InChI is InChI=1S/C8H8F2OS/c9-5-1-2-7(10)6(3-5)8(11)4-12/h1-3,8,11-12H,4H2. The molecule has 0 saturated heterocycles. The molecule has 0 bridgehead atoms. The van der Waals surface area contributed by atoms with E-state index in [0.717, 1.165) is 18.2 Å². The monoisotopic (exact) mass is 190 g/mol. The van der Waals surface area contributed by atoms with Crippen LogP contribution in [0.25, 0.3) is 0 Å². The summed E-state index contributed by atoms with van der Waals surface area (Å²) >= 11 is 3.77. The van der Waals surface area contributed by atoms with Gasteiger partial charge in [-0.05, 0) is 18.2 Å². The molecular formula is C8H8F2OS. The van der Waals surface area contributed by atoms with Gasteiger partial charge < -0.3 is 5.11 Å². The van der Waals surface area contributed by atoms with E-state index in [1.54, 1.807) is 0 Å². The van der Waals surface area contributed by atoms with Crippen LogP contribution >= 0.6 is 12.6 Å². The Hall–Kier alpha value is -0.610. The molecule has 0 spiro atoms. The summed E-state index contributed by atoms with van der Waals surface area (Å²) in [6.45, 7) is 0. The van der Waals surface area contributed by atoms with Crippen LogP contribution in [0.4, 0.5) is 8.78 Å². The zero-order chi connectivity index (χ0) is 9.14.